The number of para-hydroxylation sites is 1. The van der Waals surface area contributed by atoms with Gasteiger partial charge in [-0.1, -0.05) is 53.6 Å². The van der Waals surface area contributed by atoms with Crippen molar-refractivity contribution in [1.82, 2.24) is 8.61 Å². The van der Waals surface area contributed by atoms with Gasteiger partial charge in [-0.15, -0.1) is 0 Å². The molecule has 0 unspecified atom stereocenters. The first-order valence-electron chi connectivity index (χ1n) is 8.71. The predicted octanol–water partition coefficient (Wildman–Crippen LogP) is 3.04. The molecule has 6 nitrogen and oxygen atoms in total. The summed E-state index contributed by atoms with van der Waals surface area (Å²) in [6.07, 6.45) is 0.671. The maximum Gasteiger partial charge on any atom is 0.282 e. The second-order valence-electron chi connectivity index (χ2n) is 6.54. The highest BCUT2D eigenvalue weighted by Gasteiger charge is 2.34. The molecule has 0 spiro atoms. The van der Waals surface area contributed by atoms with Crippen LogP contribution in [0.5, 0.6) is 0 Å². The first-order chi connectivity index (χ1) is 12.9. The van der Waals surface area contributed by atoms with Crippen molar-refractivity contribution in [2.24, 2.45) is 0 Å². The number of hydrogen-bond acceptors (Lipinski definition) is 3. The largest absolute Gasteiger partial charge is 0.324 e. The zero-order valence-electron chi connectivity index (χ0n) is 15.1. The van der Waals surface area contributed by atoms with E-state index in [9.17, 15) is 13.2 Å². The van der Waals surface area contributed by atoms with Crippen LogP contribution in [0.2, 0.25) is 5.02 Å². The van der Waals surface area contributed by atoms with Crippen LogP contribution in [0.15, 0.2) is 48.5 Å². The average molecular weight is 408 g/mol. The van der Waals surface area contributed by atoms with Crippen molar-refractivity contribution in [1.29, 1.82) is 0 Å². The molecule has 2 aromatic carbocycles. The molecule has 1 saturated heterocycles. The lowest BCUT2D eigenvalue weighted by Crippen LogP contribution is -2.51. The Hall–Kier alpha value is -1.93. The number of hydrogen-bond donors (Lipinski definition) is 1. The molecule has 1 N–H and O–H groups in total. The van der Waals surface area contributed by atoms with Crippen LogP contribution in [-0.4, -0.2) is 42.6 Å². The van der Waals surface area contributed by atoms with Crippen LogP contribution in [0.25, 0.3) is 0 Å². The van der Waals surface area contributed by atoms with E-state index < -0.39 is 16.1 Å². The van der Waals surface area contributed by atoms with Crippen molar-refractivity contribution in [3.8, 4) is 0 Å². The second-order valence-corrected chi connectivity index (χ2v) is 8.88. The third-order valence-electron chi connectivity index (χ3n) is 4.42. The van der Waals surface area contributed by atoms with E-state index in [0.29, 0.717) is 36.8 Å². The molecular formula is C19H22ClN3O3S. The summed E-state index contributed by atoms with van der Waals surface area (Å²) < 4.78 is 28.4. The number of nitrogens with zero attached hydrogens (tertiary/aromatic N) is 2. The average Bonchev–Trinajstić information content (AvgIpc) is 2.62. The van der Waals surface area contributed by atoms with Crippen LogP contribution in [-0.2, 0) is 21.5 Å². The molecule has 0 atom stereocenters. The van der Waals surface area contributed by atoms with Gasteiger partial charge in [-0.05, 0) is 31.0 Å². The van der Waals surface area contributed by atoms with Crippen molar-refractivity contribution in [2.45, 2.75) is 19.9 Å². The summed E-state index contributed by atoms with van der Waals surface area (Å²) in [5.41, 5.74) is 2.51. The number of halogens is 1. The monoisotopic (exact) mass is 407 g/mol. The Labute approximate surface area is 164 Å². The van der Waals surface area contributed by atoms with Crippen molar-refractivity contribution < 1.29 is 13.2 Å². The normalized spacial score (nSPS) is 17.6. The number of anilines is 1. The molecule has 1 fully saturated rings. The number of aryl methyl sites for hydroxylation is 1. The molecule has 0 bridgehead atoms. The van der Waals surface area contributed by atoms with E-state index in [1.807, 2.05) is 31.2 Å². The molecule has 1 heterocycles. The molecule has 0 radical (unpaired) electrons. The van der Waals surface area contributed by atoms with Crippen molar-refractivity contribution >= 4 is 33.4 Å². The number of nitrogens with one attached hydrogen (secondary N) is 1. The van der Waals surface area contributed by atoms with Gasteiger partial charge in [0.2, 0.25) is 5.91 Å². The minimum atomic E-state index is -3.70. The van der Waals surface area contributed by atoms with E-state index in [4.69, 9.17) is 11.6 Å². The van der Waals surface area contributed by atoms with Gasteiger partial charge in [0.1, 0.15) is 0 Å². The Morgan fingerprint density at radius 2 is 1.74 bits per heavy atom. The molecule has 0 saturated carbocycles. The second kappa shape index (κ2) is 8.39. The summed E-state index contributed by atoms with van der Waals surface area (Å²) in [5.74, 6) is -0.413. The fourth-order valence-corrected chi connectivity index (χ4v) is 4.77. The van der Waals surface area contributed by atoms with Gasteiger partial charge >= 0.3 is 0 Å². The molecule has 1 aliphatic rings. The number of carbonyl (C=O) groups is 1. The van der Waals surface area contributed by atoms with Crippen molar-refractivity contribution in [3.63, 3.8) is 0 Å². The Kier molecular flexibility index (Phi) is 6.16. The number of rotatable bonds is 5. The number of benzene rings is 2. The van der Waals surface area contributed by atoms with Gasteiger partial charge < -0.3 is 5.32 Å². The quantitative estimate of drug-likeness (QED) is 0.828. The van der Waals surface area contributed by atoms with Gasteiger partial charge in [0.15, 0.2) is 0 Å². The van der Waals surface area contributed by atoms with Gasteiger partial charge in [-0.2, -0.15) is 17.0 Å². The van der Waals surface area contributed by atoms with E-state index in [1.54, 1.807) is 24.3 Å². The van der Waals surface area contributed by atoms with Crippen LogP contribution in [0.1, 0.15) is 17.5 Å². The maximum absolute atomic E-state index is 12.9. The lowest BCUT2D eigenvalue weighted by Gasteiger charge is -2.34. The van der Waals surface area contributed by atoms with Gasteiger partial charge in [-0.25, -0.2) is 0 Å². The Bertz CT molecular complexity index is 916. The Balaban J connectivity index is 1.67. The third-order valence-corrected chi connectivity index (χ3v) is 6.67. The van der Waals surface area contributed by atoms with Gasteiger partial charge in [0.25, 0.3) is 10.2 Å². The van der Waals surface area contributed by atoms with Gasteiger partial charge in [0, 0.05) is 19.6 Å². The van der Waals surface area contributed by atoms with E-state index in [2.05, 4.69) is 5.32 Å². The van der Waals surface area contributed by atoms with Crippen molar-refractivity contribution in [3.05, 3.63) is 64.7 Å². The number of amides is 1. The summed E-state index contributed by atoms with van der Waals surface area (Å²) >= 11 is 6.04. The third kappa shape index (κ3) is 4.87. The summed E-state index contributed by atoms with van der Waals surface area (Å²) in [5, 5.41) is 3.08. The number of carbonyl (C=O) groups excluding carboxylic acids is 1. The molecule has 8 heteroatoms. The summed E-state index contributed by atoms with van der Waals surface area (Å²) in [6.45, 7) is 2.81. The van der Waals surface area contributed by atoms with Crippen LogP contribution in [0.4, 0.5) is 5.69 Å². The Morgan fingerprint density at radius 1 is 1.07 bits per heavy atom. The zero-order chi connectivity index (χ0) is 19.4. The molecule has 27 heavy (non-hydrogen) atoms. The minimum absolute atomic E-state index is 0.238. The van der Waals surface area contributed by atoms with Crippen molar-refractivity contribution in [2.75, 3.05) is 25.0 Å². The van der Waals surface area contributed by atoms with E-state index in [1.165, 1.54) is 8.61 Å². The first kappa shape index (κ1) is 19.8. The minimum Gasteiger partial charge on any atom is -0.324 e. The zero-order valence-corrected chi connectivity index (χ0v) is 16.6. The molecular weight excluding hydrogens is 386 g/mol. The predicted molar refractivity (Wildman–Crippen MR) is 107 cm³/mol. The van der Waals surface area contributed by atoms with E-state index in [-0.39, 0.29) is 6.54 Å². The van der Waals surface area contributed by atoms with E-state index >= 15 is 0 Å². The summed E-state index contributed by atoms with van der Waals surface area (Å²) in [4.78, 5) is 12.3. The molecule has 3 rings (SSSR count). The van der Waals surface area contributed by atoms with Crippen LogP contribution >= 0.6 is 11.6 Å². The summed E-state index contributed by atoms with van der Waals surface area (Å²) in [6, 6.07) is 14.6. The molecule has 0 aromatic heterocycles. The van der Waals surface area contributed by atoms with Gasteiger partial charge in [0.05, 0.1) is 17.3 Å². The maximum atomic E-state index is 12.9. The standard InChI is InChI=1S/C19H22ClN3O3S/c1-15-7-9-16(10-8-15)13-22-11-4-12-23(27(22,25)26)14-19(24)21-18-6-3-2-5-17(18)20/h2-3,5-10H,4,11-14H2,1H3,(H,21,24). The molecule has 144 valence electrons. The molecule has 1 aliphatic heterocycles. The smallest absolute Gasteiger partial charge is 0.282 e. The highest BCUT2D eigenvalue weighted by atomic mass is 35.5. The lowest BCUT2D eigenvalue weighted by atomic mass is 10.1. The first-order valence-corrected chi connectivity index (χ1v) is 10.5. The lowest BCUT2D eigenvalue weighted by molar-refractivity contribution is -0.116. The Morgan fingerprint density at radius 3 is 2.44 bits per heavy atom. The van der Waals surface area contributed by atoms with E-state index in [0.717, 1.165) is 11.1 Å². The SMILES string of the molecule is Cc1ccc(CN2CCCN(CC(=O)Nc3ccccc3Cl)S2(=O)=O)cc1. The molecule has 2 aromatic rings. The van der Waals surface area contributed by atoms with Gasteiger partial charge in [-0.3, -0.25) is 4.79 Å². The highest BCUT2D eigenvalue weighted by molar-refractivity contribution is 7.86. The molecule has 1 amide bonds. The van der Waals surface area contributed by atoms with Crippen LogP contribution < -0.4 is 5.32 Å². The van der Waals surface area contributed by atoms with Crippen LogP contribution in [0, 0.1) is 6.92 Å². The molecule has 0 aliphatic carbocycles. The highest BCUT2D eigenvalue weighted by Crippen LogP contribution is 2.22. The summed E-state index contributed by atoms with van der Waals surface area (Å²) in [7, 11) is -3.70. The van der Waals surface area contributed by atoms with Crippen LogP contribution in [0.3, 0.4) is 0 Å². The fourth-order valence-electron chi connectivity index (χ4n) is 2.95. The topological polar surface area (TPSA) is 69.7 Å². The fraction of sp³-hybridized carbons (Fsp3) is 0.316.